The highest BCUT2D eigenvalue weighted by Crippen LogP contribution is 2.23. The predicted molar refractivity (Wildman–Crippen MR) is 53.5 cm³/mol. The molecule has 1 aromatic carbocycles. The molecule has 0 bridgehead atoms. The third-order valence-corrected chi connectivity index (χ3v) is 2.15. The highest BCUT2D eigenvalue weighted by Gasteiger charge is 2.09. The van der Waals surface area contributed by atoms with E-state index >= 15 is 0 Å². The van der Waals surface area contributed by atoms with Crippen LogP contribution < -0.4 is 11.5 Å². The monoisotopic (exact) mass is 180 g/mol. The molecule has 13 heavy (non-hydrogen) atoms. The number of phenols is 1. The third-order valence-electron chi connectivity index (χ3n) is 2.15. The molecular weight excluding hydrogens is 164 g/mol. The molecule has 0 aliphatic carbocycles. The lowest BCUT2D eigenvalue weighted by atomic mass is 10.0. The van der Waals surface area contributed by atoms with E-state index in [1.54, 1.807) is 6.07 Å². The Kier molecular flexibility index (Phi) is 3.28. The highest BCUT2D eigenvalue weighted by atomic mass is 16.3. The maximum absolute atomic E-state index is 9.50. The van der Waals surface area contributed by atoms with E-state index in [2.05, 4.69) is 6.92 Å². The van der Waals surface area contributed by atoms with Gasteiger partial charge in [-0.15, -0.1) is 0 Å². The molecule has 3 heteroatoms. The second-order valence-electron chi connectivity index (χ2n) is 3.09. The second-order valence-corrected chi connectivity index (χ2v) is 3.09. The number of rotatable bonds is 3. The summed E-state index contributed by atoms with van der Waals surface area (Å²) in [7, 11) is 0. The first-order valence-electron chi connectivity index (χ1n) is 4.46. The average Bonchev–Trinajstić information content (AvgIpc) is 2.17. The molecule has 3 nitrogen and oxygen atoms in total. The Morgan fingerprint density at radius 1 is 1.46 bits per heavy atom. The van der Waals surface area contributed by atoms with E-state index in [4.69, 9.17) is 11.5 Å². The summed E-state index contributed by atoms with van der Waals surface area (Å²) in [4.78, 5) is 0. The average molecular weight is 180 g/mol. The molecule has 0 heterocycles. The summed E-state index contributed by atoms with van der Waals surface area (Å²) >= 11 is 0. The fraction of sp³-hybridized carbons (Fsp3) is 0.400. The molecule has 0 aliphatic heterocycles. The van der Waals surface area contributed by atoms with Crippen LogP contribution in [0.4, 0.5) is 0 Å². The van der Waals surface area contributed by atoms with E-state index in [-0.39, 0.29) is 11.8 Å². The lowest BCUT2D eigenvalue weighted by Crippen LogP contribution is -2.20. The first kappa shape index (κ1) is 10.0. The van der Waals surface area contributed by atoms with Gasteiger partial charge < -0.3 is 16.6 Å². The Labute approximate surface area is 78.4 Å². The molecule has 0 amide bonds. The summed E-state index contributed by atoms with van der Waals surface area (Å²) in [5, 5.41) is 9.50. The van der Waals surface area contributed by atoms with Gasteiger partial charge in [0.1, 0.15) is 5.75 Å². The van der Waals surface area contributed by atoms with Crippen LogP contribution in [0.5, 0.6) is 5.75 Å². The number of hydrogen-bond donors (Lipinski definition) is 3. The van der Waals surface area contributed by atoms with Crippen molar-refractivity contribution in [3.63, 3.8) is 0 Å². The van der Waals surface area contributed by atoms with Crippen molar-refractivity contribution in [3.8, 4) is 5.75 Å². The Hall–Kier alpha value is -1.06. The summed E-state index contributed by atoms with van der Waals surface area (Å²) in [6, 6.07) is 5.20. The van der Waals surface area contributed by atoms with Crippen molar-refractivity contribution in [1.29, 1.82) is 0 Å². The largest absolute Gasteiger partial charge is 0.508 e. The lowest BCUT2D eigenvalue weighted by molar-refractivity contribution is 0.461. The lowest BCUT2D eigenvalue weighted by Gasteiger charge is -2.12. The van der Waals surface area contributed by atoms with Gasteiger partial charge in [-0.3, -0.25) is 0 Å². The molecule has 1 rings (SSSR count). The van der Waals surface area contributed by atoms with Crippen LogP contribution in [0.25, 0.3) is 0 Å². The number of aryl methyl sites for hydroxylation is 1. The van der Waals surface area contributed by atoms with Crippen molar-refractivity contribution in [2.75, 3.05) is 6.54 Å². The molecule has 0 fully saturated rings. The topological polar surface area (TPSA) is 72.3 Å². The standard InChI is InChI=1S/C10H16N2O/c1-2-7-3-4-10(13)8(5-7)9(12)6-11/h3-5,9,13H,2,6,11-12H2,1H3/t9-/m1/s1. The third kappa shape index (κ3) is 2.20. The van der Waals surface area contributed by atoms with Crippen molar-refractivity contribution in [3.05, 3.63) is 29.3 Å². The maximum Gasteiger partial charge on any atom is 0.120 e. The van der Waals surface area contributed by atoms with Crippen LogP contribution in [0, 0.1) is 0 Å². The van der Waals surface area contributed by atoms with Crippen molar-refractivity contribution in [2.24, 2.45) is 11.5 Å². The van der Waals surface area contributed by atoms with Crippen LogP contribution in [-0.4, -0.2) is 11.7 Å². The zero-order chi connectivity index (χ0) is 9.84. The van der Waals surface area contributed by atoms with E-state index in [0.717, 1.165) is 17.5 Å². The second kappa shape index (κ2) is 4.25. The van der Waals surface area contributed by atoms with Gasteiger partial charge in [0.05, 0.1) is 0 Å². The van der Waals surface area contributed by atoms with Gasteiger partial charge in [-0.05, 0) is 18.1 Å². The summed E-state index contributed by atoms with van der Waals surface area (Å²) in [6.45, 7) is 2.41. The van der Waals surface area contributed by atoms with E-state index in [1.807, 2.05) is 12.1 Å². The zero-order valence-corrected chi connectivity index (χ0v) is 7.83. The highest BCUT2D eigenvalue weighted by molar-refractivity contribution is 5.38. The van der Waals surface area contributed by atoms with Crippen LogP contribution in [-0.2, 0) is 6.42 Å². The van der Waals surface area contributed by atoms with Gasteiger partial charge >= 0.3 is 0 Å². The smallest absolute Gasteiger partial charge is 0.120 e. The molecule has 0 radical (unpaired) electrons. The maximum atomic E-state index is 9.50. The van der Waals surface area contributed by atoms with Crippen LogP contribution in [0.2, 0.25) is 0 Å². The first-order chi connectivity index (χ1) is 6.19. The van der Waals surface area contributed by atoms with Crippen molar-refractivity contribution in [2.45, 2.75) is 19.4 Å². The van der Waals surface area contributed by atoms with E-state index in [0.29, 0.717) is 6.54 Å². The van der Waals surface area contributed by atoms with E-state index in [1.165, 1.54) is 0 Å². The van der Waals surface area contributed by atoms with Gasteiger partial charge in [-0.2, -0.15) is 0 Å². The number of hydrogen-bond acceptors (Lipinski definition) is 3. The Morgan fingerprint density at radius 3 is 2.69 bits per heavy atom. The molecular formula is C10H16N2O. The van der Waals surface area contributed by atoms with Crippen LogP contribution in [0.15, 0.2) is 18.2 Å². The van der Waals surface area contributed by atoms with Crippen LogP contribution in [0.1, 0.15) is 24.1 Å². The molecule has 0 unspecified atom stereocenters. The van der Waals surface area contributed by atoms with Gasteiger partial charge in [0, 0.05) is 18.2 Å². The molecule has 0 spiro atoms. The predicted octanol–water partition coefficient (Wildman–Crippen LogP) is 0.913. The summed E-state index contributed by atoms with van der Waals surface area (Å²) in [5.41, 5.74) is 13.1. The van der Waals surface area contributed by atoms with Gasteiger partial charge in [0.2, 0.25) is 0 Å². The molecule has 0 saturated heterocycles. The van der Waals surface area contributed by atoms with Gasteiger partial charge in [0.15, 0.2) is 0 Å². The molecule has 0 aliphatic rings. The van der Waals surface area contributed by atoms with Crippen molar-refractivity contribution < 1.29 is 5.11 Å². The number of benzene rings is 1. The quantitative estimate of drug-likeness (QED) is 0.647. The van der Waals surface area contributed by atoms with E-state index < -0.39 is 0 Å². The van der Waals surface area contributed by atoms with Crippen molar-refractivity contribution in [1.82, 2.24) is 0 Å². The van der Waals surface area contributed by atoms with Crippen molar-refractivity contribution >= 4 is 0 Å². The Balaban J connectivity index is 3.03. The first-order valence-corrected chi connectivity index (χ1v) is 4.46. The van der Waals surface area contributed by atoms with E-state index in [9.17, 15) is 5.11 Å². The molecule has 72 valence electrons. The Morgan fingerprint density at radius 2 is 2.15 bits per heavy atom. The minimum atomic E-state index is -0.272. The fourth-order valence-corrected chi connectivity index (χ4v) is 1.25. The molecule has 1 aromatic rings. The van der Waals surface area contributed by atoms with Crippen LogP contribution in [0.3, 0.4) is 0 Å². The minimum absolute atomic E-state index is 0.232. The SMILES string of the molecule is CCc1ccc(O)c([C@H](N)CN)c1. The zero-order valence-electron chi connectivity index (χ0n) is 7.83. The normalized spacial score (nSPS) is 12.8. The Bertz CT molecular complexity index is 286. The summed E-state index contributed by atoms with van der Waals surface area (Å²) in [6.07, 6.45) is 0.935. The molecule has 5 N–H and O–H groups in total. The molecule has 0 saturated carbocycles. The molecule has 0 aromatic heterocycles. The summed E-state index contributed by atoms with van der Waals surface area (Å²) in [5.74, 6) is 0.232. The van der Waals surface area contributed by atoms with Gasteiger partial charge in [-0.25, -0.2) is 0 Å². The van der Waals surface area contributed by atoms with Gasteiger partial charge in [-0.1, -0.05) is 19.1 Å². The number of aromatic hydroxyl groups is 1. The van der Waals surface area contributed by atoms with Gasteiger partial charge in [0.25, 0.3) is 0 Å². The fourth-order valence-electron chi connectivity index (χ4n) is 1.25. The number of nitrogens with two attached hydrogens (primary N) is 2. The molecule has 1 atom stereocenters. The van der Waals surface area contributed by atoms with Crippen LogP contribution >= 0.6 is 0 Å². The minimum Gasteiger partial charge on any atom is -0.508 e. The number of phenolic OH excluding ortho intramolecular Hbond substituents is 1. The summed E-state index contributed by atoms with van der Waals surface area (Å²) < 4.78 is 0.